The molecule has 4 aromatic rings. The van der Waals surface area contributed by atoms with Crippen LogP contribution >= 0.6 is 0 Å². The van der Waals surface area contributed by atoms with Crippen LogP contribution < -0.4 is 9.13 Å². The molecule has 0 radical (unpaired) electrons. The van der Waals surface area contributed by atoms with Crippen LogP contribution in [0.25, 0.3) is 11.4 Å². The molecule has 0 saturated carbocycles. The minimum atomic E-state index is 0.820. The van der Waals surface area contributed by atoms with Crippen molar-refractivity contribution in [3.05, 3.63) is 84.2 Å². The Hall–Kier alpha value is -3.28. The first-order chi connectivity index (χ1) is 13.5. The van der Waals surface area contributed by atoms with Gasteiger partial charge >= 0.3 is 0 Å². The lowest BCUT2D eigenvalue weighted by atomic mass is 10.1. The number of imidazole rings is 2. The molecular weight excluding hydrogens is 348 g/mol. The molecule has 0 spiro atoms. The Bertz CT molecular complexity index is 1030. The van der Waals surface area contributed by atoms with Crippen molar-refractivity contribution < 1.29 is 9.13 Å². The van der Waals surface area contributed by atoms with Crippen molar-refractivity contribution in [2.45, 2.75) is 26.9 Å². The van der Waals surface area contributed by atoms with Crippen molar-refractivity contribution in [1.82, 2.24) is 19.1 Å². The third kappa shape index (κ3) is 3.58. The monoisotopic (exact) mass is 374 g/mol. The molecule has 4 rings (SSSR count). The SMILES string of the molecule is Cc1n(Cc2ccnc(-c3cc(Cn4cc[n+](C)c4C)ccn3)c2)cc[n+]1C. The quantitative estimate of drug-likeness (QED) is 0.502. The summed E-state index contributed by atoms with van der Waals surface area (Å²) in [6.07, 6.45) is 12.1. The largest absolute Gasteiger partial charge is 0.255 e. The van der Waals surface area contributed by atoms with Crippen molar-refractivity contribution in [2.24, 2.45) is 14.1 Å². The molecule has 6 nitrogen and oxygen atoms in total. The van der Waals surface area contributed by atoms with Crippen LogP contribution in [0.5, 0.6) is 0 Å². The van der Waals surface area contributed by atoms with Crippen molar-refractivity contribution in [2.75, 3.05) is 0 Å². The molecule has 4 aromatic heterocycles. The first-order valence-corrected chi connectivity index (χ1v) is 9.44. The molecule has 6 heteroatoms. The second-order valence-corrected chi connectivity index (χ2v) is 7.27. The Labute approximate surface area is 165 Å². The lowest BCUT2D eigenvalue weighted by molar-refractivity contribution is -0.677. The maximum absolute atomic E-state index is 4.56. The van der Waals surface area contributed by atoms with E-state index in [0.717, 1.165) is 24.5 Å². The molecular formula is C22H26N6+2. The normalized spacial score (nSPS) is 11.1. The standard InChI is InChI=1S/C22H26N6/c1-17-25(3)9-11-27(17)15-19-5-7-23-21(13-19)22-14-20(6-8-24-22)16-28-12-10-26(4)18(28)2/h5-14H,15-16H2,1-4H3/q+2. The zero-order valence-electron chi connectivity index (χ0n) is 16.9. The third-order valence-electron chi connectivity index (χ3n) is 5.41. The van der Waals surface area contributed by atoms with E-state index < -0.39 is 0 Å². The van der Waals surface area contributed by atoms with Crippen molar-refractivity contribution in [3.8, 4) is 11.4 Å². The number of hydrogen-bond donors (Lipinski definition) is 0. The summed E-state index contributed by atoms with van der Waals surface area (Å²) in [4.78, 5) is 9.12. The minimum absolute atomic E-state index is 0.820. The van der Waals surface area contributed by atoms with E-state index in [1.807, 2.05) is 12.4 Å². The Balaban J connectivity index is 1.59. The van der Waals surface area contributed by atoms with Gasteiger partial charge in [-0.2, -0.15) is 0 Å². The smallest absolute Gasteiger partial charge is 0.253 e. The first kappa shape index (κ1) is 18.1. The predicted octanol–water partition coefficient (Wildman–Crippen LogP) is 2.11. The number of hydrogen-bond acceptors (Lipinski definition) is 2. The highest BCUT2D eigenvalue weighted by Gasteiger charge is 2.12. The fourth-order valence-electron chi connectivity index (χ4n) is 3.35. The molecule has 0 aliphatic heterocycles. The fraction of sp³-hybridized carbons (Fsp3) is 0.273. The van der Waals surface area contributed by atoms with Gasteiger partial charge < -0.3 is 0 Å². The van der Waals surface area contributed by atoms with E-state index >= 15 is 0 Å². The number of nitrogens with zero attached hydrogens (tertiary/aromatic N) is 6. The average molecular weight is 374 g/mol. The van der Waals surface area contributed by atoms with E-state index in [9.17, 15) is 0 Å². The number of aromatic nitrogens is 6. The van der Waals surface area contributed by atoms with Gasteiger partial charge in [-0.3, -0.25) is 9.97 Å². The van der Waals surface area contributed by atoms with E-state index in [0.29, 0.717) is 0 Å². The van der Waals surface area contributed by atoms with Gasteiger partial charge in [0.05, 0.1) is 25.5 Å². The molecule has 0 unspecified atom stereocenters. The van der Waals surface area contributed by atoms with Crippen molar-refractivity contribution in [3.63, 3.8) is 0 Å². The van der Waals surface area contributed by atoms with Crippen molar-refractivity contribution in [1.29, 1.82) is 0 Å². The van der Waals surface area contributed by atoms with E-state index in [2.05, 4.69) is 105 Å². The van der Waals surface area contributed by atoms with Crippen LogP contribution in [0.1, 0.15) is 22.8 Å². The molecule has 142 valence electrons. The van der Waals surface area contributed by atoms with Gasteiger partial charge in [-0.05, 0) is 35.4 Å². The molecule has 0 aliphatic rings. The maximum atomic E-state index is 4.56. The molecule has 0 N–H and O–H groups in total. The summed E-state index contributed by atoms with van der Waals surface area (Å²) in [5.41, 5.74) is 4.24. The molecule has 0 fully saturated rings. The first-order valence-electron chi connectivity index (χ1n) is 9.44. The van der Waals surface area contributed by atoms with E-state index in [1.54, 1.807) is 0 Å². The van der Waals surface area contributed by atoms with Crippen LogP contribution in [-0.2, 0) is 27.2 Å². The zero-order valence-corrected chi connectivity index (χ0v) is 16.9. The summed E-state index contributed by atoms with van der Waals surface area (Å²) in [5, 5.41) is 0. The van der Waals surface area contributed by atoms with Crippen LogP contribution in [0.3, 0.4) is 0 Å². The highest BCUT2D eigenvalue weighted by atomic mass is 15.1. The van der Waals surface area contributed by atoms with Crippen LogP contribution in [0, 0.1) is 13.8 Å². The average Bonchev–Trinajstić information content (AvgIpc) is 3.19. The number of pyridine rings is 2. The van der Waals surface area contributed by atoms with Crippen molar-refractivity contribution >= 4 is 0 Å². The highest BCUT2D eigenvalue weighted by Crippen LogP contribution is 2.18. The van der Waals surface area contributed by atoms with Gasteiger partial charge in [0.1, 0.15) is 37.9 Å². The zero-order chi connectivity index (χ0) is 19.7. The summed E-state index contributed by atoms with van der Waals surface area (Å²) in [7, 11) is 4.12. The number of rotatable bonds is 5. The summed E-state index contributed by atoms with van der Waals surface area (Å²) in [6.45, 7) is 5.88. The molecule has 0 bridgehead atoms. The summed E-state index contributed by atoms with van der Waals surface area (Å²) >= 11 is 0. The van der Waals surface area contributed by atoms with Crippen LogP contribution in [0.2, 0.25) is 0 Å². The lowest BCUT2D eigenvalue weighted by Crippen LogP contribution is -2.29. The van der Waals surface area contributed by atoms with Gasteiger partial charge in [-0.15, -0.1) is 0 Å². The van der Waals surface area contributed by atoms with E-state index in [-0.39, 0.29) is 0 Å². The third-order valence-corrected chi connectivity index (χ3v) is 5.41. The molecule has 0 aliphatic carbocycles. The van der Waals surface area contributed by atoms with E-state index in [4.69, 9.17) is 0 Å². The fourth-order valence-corrected chi connectivity index (χ4v) is 3.35. The Morgan fingerprint density at radius 1 is 0.750 bits per heavy atom. The van der Waals surface area contributed by atoms with Crippen LogP contribution in [0.4, 0.5) is 0 Å². The second kappa shape index (κ2) is 7.38. The molecule has 28 heavy (non-hydrogen) atoms. The summed E-state index contributed by atoms with van der Waals surface area (Å²) in [6, 6.07) is 8.39. The maximum Gasteiger partial charge on any atom is 0.253 e. The van der Waals surface area contributed by atoms with Crippen LogP contribution in [0.15, 0.2) is 61.4 Å². The molecule has 4 heterocycles. The summed E-state index contributed by atoms with van der Waals surface area (Å²) < 4.78 is 8.71. The number of aryl methyl sites for hydroxylation is 2. The van der Waals surface area contributed by atoms with Gasteiger partial charge in [0, 0.05) is 26.2 Å². The van der Waals surface area contributed by atoms with Gasteiger partial charge in [-0.1, -0.05) is 0 Å². The second-order valence-electron chi connectivity index (χ2n) is 7.27. The van der Waals surface area contributed by atoms with Gasteiger partial charge in [0.2, 0.25) is 0 Å². The Morgan fingerprint density at radius 3 is 1.54 bits per heavy atom. The summed E-state index contributed by atoms with van der Waals surface area (Å²) in [5.74, 6) is 2.43. The minimum Gasteiger partial charge on any atom is -0.255 e. The Kier molecular flexibility index (Phi) is 4.77. The topological polar surface area (TPSA) is 43.4 Å². The van der Waals surface area contributed by atoms with Crippen LogP contribution in [-0.4, -0.2) is 19.1 Å². The van der Waals surface area contributed by atoms with Gasteiger partial charge in [0.25, 0.3) is 11.6 Å². The Morgan fingerprint density at radius 2 is 1.18 bits per heavy atom. The predicted molar refractivity (Wildman–Crippen MR) is 106 cm³/mol. The highest BCUT2D eigenvalue weighted by molar-refractivity contribution is 5.55. The van der Waals surface area contributed by atoms with Gasteiger partial charge in [-0.25, -0.2) is 18.3 Å². The molecule has 0 atom stereocenters. The molecule has 0 amide bonds. The molecule has 0 aromatic carbocycles. The lowest BCUT2D eigenvalue weighted by Gasteiger charge is -2.06. The molecule has 0 saturated heterocycles. The van der Waals surface area contributed by atoms with E-state index in [1.165, 1.54) is 22.8 Å². The van der Waals surface area contributed by atoms with Gasteiger partial charge in [0.15, 0.2) is 0 Å².